The second-order valence-corrected chi connectivity index (χ2v) is 30.2. The van der Waals surface area contributed by atoms with Gasteiger partial charge in [0.2, 0.25) is 29.5 Å². The fraction of sp³-hybridized carbons (Fsp3) is 0.714. The van der Waals surface area contributed by atoms with Crippen molar-refractivity contribution in [3.63, 3.8) is 0 Å². The van der Waals surface area contributed by atoms with Gasteiger partial charge in [0.05, 0.1) is 67.5 Å². The number of ether oxygens (including phenoxy) is 4. The largest absolute Gasteiger partial charge is 0.388 e. The number of benzene rings is 2. The SMILES string of the molecule is CC[C@H](C)[C@@H](C(CC(=O)N1CCCC1[C@H](OC)C(C)C(=O)C[C@@H](Cc1ccccc1)C(=O)NCCc1ccc(CC(=O)C(CCCNC(N)=O)NC(=O)[C@H](CC(=O)C[C@@H]2O[C@H](CNC(=O)CC3O[C@H](CN)[C@@H](O)[C@H]3O)[C@@H](O)[C@H]2O)C(C)C)cc1)OC)N(C)C(=O)[C@@H](CC(=O)C(C(C)C)N(C)C)C(C)C. The Morgan fingerprint density at radius 3 is 1.83 bits per heavy atom. The average molecular weight is 1460 g/mol. The number of nitrogens with two attached hydrogens (primary N) is 2. The Kier molecular flexibility index (Phi) is 36.1. The van der Waals surface area contributed by atoms with Crippen molar-refractivity contribution in [2.75, 3.05) is 68.1 Å². The van der Waals surface area contributed by atoms with Crippen LogP contribution in [0.15, 0.2) is 54.6 Å². The van der Waals surface area contributed by atoms with Crippen LogP contribution in [0.5, 0.6) is 0 Å². The molecule has 3 fully saturated rings. The Morgan fingerprint density at radius 1 is 0.654 bits per heavy atom. The van der Waals surface area contributed by atoms with E-state index in [-0.39, 0.29) is 149 Å². The van der Waals surface area contributed by atoms with Crippen molar-refractivity contribution in [1.29, 1.82) is 0 Å². The van der Waals surface area contributed by atoms with Gasteiger partial charge in [-0.1, -0.05) is 123 Å². The molecular formula is C77H123N9O18. The minimum absolute atomic E-state index is 0.00799. The molecule has 0 radical (unpaired) electrons. The van der Waals surface area contributed by atoms with E-state index in [1.54, 1.807) is 56.9 Å². The molecule has 0 saturated carbocycles. The van der Waals surface area contributed by atoms with Gasteiger partial charge < -0.3 is 81.9 Å². The predicted molar refractivity (Wildman–Crippen MR) is 391 cm³/mol. The first-order valence-electron chi connectivity index (χ1n) is 37.3. The van der Waals surface area contributed by atoms with Crippen molar-refractivity contribution >= 4 is 58.7 Å². The van der Waals surface area contributed by atoms with Crippen LogP contribution in [0.2, 0.25) is 0 Å². The first-order valence-corrected chi connectivity index (χ1v) is 37.3. The lowest BCUT2D eigenvalue weighted by Gasteiger charge is -2.41. The zero-order valence-electron chi connectivity index (χ0n) is 63.8. The monoisotopic (exact) mass is 1460 g/mol. The molecule has 0 aromatic heterocycles. The van der Waals surface area contributed by atoms with Crippen LogP contribution < -0.4 is 32.7 Å². The number of carbonyl (C=O) groups excluding carboxylic acids is 10. The fourth-order valence-electron chi connectivity index (χ4n) is 15.1. The van der Waals surface area contributed by atoms with Gasteiger partial charge >= 0.3 is 6.03 Å². The highest BCUT2D eigenvalue weighted by Crippen LogP contribution is 2.34. The molecule has 104 heavy (non-hydrogen) atoms. The molecule has 2 aromatic carbocycles. The van der Waals surface area contributed by atoms with E-state index < -0.39 is 132 Å². The Morgan fingerprint density at radius 2 is 1.26 bits per heavy atom. The van der Waals surface area contributed by atoms with Crippen molar-refractivity contribution in [2.24, 2.45) is 58.8 Å². The van der Waals surface area contributed by atoms with Gasteiger partial charge in [-0.05, 0) is 93.0 Å². The van der Waals surface area contributed by atoms with E-state index in [1.807, 2.05) is 103 Å². The number of hydrogen-bond acceptors (Lipinski definition) is 20. The quantitative estimate of drug-likeness (QED) is 0.0426. The molecule has 27 nitrogen and oxygen atoms in total. The number of methoxy groups -OCH3 is 2. The summed E-state index contributed by atoms with van der Waals surface area (Å²) < 4.78 is 23.6. The predicted octanol–water partition coefficient (Wildman–Crippen LogP) is 3.01. The van der Waals surface area contributed by atoms with Crippen LogP contribution in [0.1, 0.15) is 150 Å². The summed E-state index contributed by atoms with van der Waals surface area (Å²) in [6, 6.07) is 13.6. The summed E-state index contributed by atoms with van der Waals surface area (Å²) in [7, 11) is 8.58. The summed E-state index contributed by atoms with van der Waals surface area (Å²) in [5.41, 5.74) is 13.2. The molecular weight excluding hydrogens is 1340 g/mol. The number of rotatable bonds is 45. The molecule has 6 unspecified atom stereocenters. The zero-order valence-corrected chi connectivity index (χ0v) is 63.8. The molecule has 7 amide bonds. The lowest BCUT2D eigenvalue weighted by molar-refractivity contribution is -0.149. The number of nitrogens with one attached hydrogen (secondary N) is 4. The molecule has 3 aliphatic rings. The summed E-state index contributed by atoms with van der Waals surface area (Å²) in [6.07, 6.45) is -9.24. The van der Waals surface area contributed by atoms with Crippen LogP contribution in [0.4, 0.5) is 4.79 Å². The highest BCUT2D eigenvalue weighted by atomic mass is 16.6. The lowest BCUT2D eigenvalue weighted by atomic mass is 9.83. The maximum atomic E-state index is 14.7. The van der Waals surface area contributed by atoms with Crippen LogP contribution in [-0.4, -0.2) is 247 Å². The number of likely N-dealkylation sites (N-methyl/N-ethyl adjacent to an activating group) is 2. The number of aliphatic hydroxyl groups is 4. The molecule has 584 valence electrons. The maximum absolute atomic E-state index is 14.7. The third kappa shape index (κ3) is 25.2. The molecule has 27 heteroatoms. The highest BCUT2D eigenvalue weighted by Gasteiger charge is 2.47. The number of nitrogens with zero attached hydrogens (tertiary/aromatic N) is 3. The van der Waals surface area contributed by atoms with E-state index in [0.717, 1.165) is 11.1 Å². The van der Waals surface area contributed by atoms with Gasteiger partial charge in [-0.3, -0.25) is 48.1 Å². The fourth-order valence-corrected chi connectivity index (χ4v) is 15.1. The molecule has 3 aliphatic heterocycles. The third-order valence-corrected chi connectivity index (χ3v) is 21.4. The molecule has 3 saturated heterocycles. The number of ketones is 4. The molecule has 19 atom stereocenters. The number of amides is 7. The molecule has 2 aromatic rings. The van der Waals surface area contributed by atoms with Gasteiger partial charge in [0.1, 0.15) is 42.1 Å². The second kappa shape index (κ2) is 42.6. The van der Waals surface area contributed by atoms with Gasteiger partial charge in [0, 0.05) is 110 Å². The summed E-state index contributed by atoms with van der Waals surface area (Å²) in [5.74, 6) is -6.35. The Hall–Kier alpha value is -6.66. The van der Waals surface area contributed by atoms with Crippen molar-refractivity contribution < 1.29 is 87.3 Å². The van der Waals surface area contributed by atoms with Crippen molar-refractivity contribution in [2.45, 2.75) is 237 Å². The van der Waals surface area contributed by atoms with E-state index in [1.165, 1.54) is 7.11 Å². The van der Waals surface area contributed by atoms with E-state index in [0.29, 0.717) is 37.8 Å². The summed E-state index contributed by atoms with van der Waals surface area (Å²) in [6.45, 7) is 17.7. The number of aliphatic hydroxyl groups excluding tert-OH is 4. The average Bonchev–Trinajstić information content (AvgIpc) is 0.993. The number of primary amides is 1. The molecule has 0 spiro atoms. The number of hydrogen-bond donors (Lipinski definition) is 10. The number of likely N-dealkylation sites (tertiary alicyclic amines) is 1. The number of carbonyl (C=O) groups is 10. The first-order chi connectivity index (χ1) is 49.2. The van der Waals surface area contributed by atoms with Crippen LogP contribution in [0.25, 0.3) is 0 Å². The van der Waals surface area contributed by atoms with Crippen LogP contribution in [0.3, 0.4) is 0 Å². The standard InChI is InChI=1S/C77H123N9O18/c1-15-46(8)68(85(12)76(99)54(44(4)5)38-59(90)67(45(6)7)84(10)11)60(101-13)40-66(92)86-32-20-24-56(86)73(102-14)47(9)57(88)35-51(33-49-21-17-16-18-22-49)74(97)80-31-29-48-25-27-50(28-26-48)34-58(89)55(23-19-30-81-77(79)100)83-75(98)53(43(2)3)36-52(87)37-61-69(93)72(96)64(104-61)42-82-65(91)39-62-70(94)71(95)63(41-78)103-62/h16-18,21-22,25-28,43-47,51,53-56,60-64,67-73,93-96H,15,19-20,23-24,29-42,78H2,1-14H3,(H,80,97)(H,82,91)(H,83,98)(H3,79,81,100)/t46-,47?,51+,53+,54-,55?,56?,60?,61-,62?,63+,64+,67?,68-,69-,70-,71+,72+,73+/m0/s1. The Labute approximate surface area is 615 Å². The normalized spacial score (nSPS) is 23.3. The minimum atomic E-state index is -1.51. The number of urea groups is 1. The molecule has 0 bridgehead atoms. The van der Waals surface area contributed by atoms with Crippen LogP contribution in [-0.2, 0) is 81.4 Å². The van der Waals surface area contributed by atoms with Crippen molar-refractivity contribution in [3.8, 4) is 0 Å². The molecule has 3 heterocycles. The van der Waals surface area contributed by atoms with E-state index in [9.17, 15) is 68.4 Å². The summed E-state index contributed by atoms with van der Waals surface area (Å²) >= 11 is 0. The van der Waals surface area contributed by atoms with E-state index >= 15 is 0 Å². The van der Waals surface area contributed by atoms with Gasteiger partial charge in [0.15, 0.2) is 11.6 Å². The lowest BCUT2D eigenvalue weighted by Crippen LogP contribution is -2.54. The van der Waals surface area contributed by atoms with Crippen molar-refractivity contribution in [3.05, 3.63) is 71.3 Å². The van der Waals surface area contributed by atoms with Gasteiger partial charge in [-0.15, -0.1) is 0 Å². The maximum Gasteiger partial charge on any atom is 0.312 e. The van der Waals surface area contributed by atoms with E-state index in [2.05, 4.69) is 21.3 Å². The van der Waals surface area contributed by atoms with Crippen LogP contribution >= 0.6 is 0 Å². The van der Waals surface area contributed by atoms with Crippen molar-refractivity contribution in [1.82, 2.24) is 36.0 Å². The highest BCUT2D eigenvalue weighted by molar-refractivity contribution is 5.93. The second-order valence-electron chi connectivity index (χ2n) is 30.2. The van der Waals surface area contributed by atoms with Gasteiger partial charge in [-0.2, -0.15) is 0 Å². The minimum Gasteiger partial charge on any atom is -0.388 e. The Bertz CT molecular complexity index is 3100. The summed E-state index contributed by atoms with van der Waals surface area (Å²) in [5, 5.41) is 53.0. The van der Waals surface area contributed by atoms with Crippen LogP contribution in [0, 0.1) is 47.3 Å². The van der Waals surface area contributed by atoms with Gasteiger partial charge in [-0.25, -0.2) is 4.79 Å². The van der Waals surface area contributed by atoms with Gasteiger partial charge in [0.25, 0.3) is 0 Å². The molecule has 0 aliphatic carbocycles. The van der Waals surface area contributed by atoms with E-state index in [4.69, 9.17) is 30.4 Å². The molecule has 12 N–H and O–H groups in total. The third-order valence-electron chi connectivity index (χ3n) is 21.4. The topological polar surface area (TPSA) is 398 Å². The zero-order chi connectivity index (χ0) is 77.4. The summed E-state index contributed by atoms with van der Waals surface area (Å²) in [4.78, 5) is 143. The number of Topliss-reactive ketones (excluding diaryl/α,β-unsaturated/α-hetero) is 4. The molecule has 5 rings (SSSR count). The first kappa shape index (κ1) is 88.0. The smallest absolute Gasteiger partial charge is 0.312 e. The Balaban J connectivity index is 1.19.